The Balaban J connectivity index is 2.22. The summed E-state index contributed by atoms with van der Waals surface area (Å²) in [6.07, 6.45) is 3.14. The van der Waals surface area contributed by atoms with Gasteiger partial charge in [0.25, 0.3) is 0 Å². The molecule has 3 N–H and O–H groups in total. The normalized spacial score (nSPS) is 10.6. The highest BCUT2D eigenvalue weighted by Crippen LogP contribution is 2.08. The van der Waals surface area contributed by atoms with Gasteiger partial charge in [0.15, 0.2) is 5.65 Å². The van der Waals surface area contributed by atoms with Crippen LogP contribution >= 0.6 is 12.2 Å². The molecule has 2 aromatic heterocycles. The van der Waals surface area contributed by atoms with Gasteiger partial charge in [0.1, 0.15) is 5.82 Å². The van der Waals surface area contributed by atoms with Crippen LogP contribution in [0.3, 0.4) is 0 Å². The van der Waals surface area contributed by atoms with Gasteiger partial charge in [0.2, 0.25) is 0 Å². The number of aromatic nitrogens is 3. The number of imidazole rings is 1. The quantitative estimate of drug-likeness (QED) is 0.740. The maximum Gasteiger partial charge on any atom is 0.177 e. The number of rotatable bonds is 3. The van der Waals surface area contributed by atoms with Gasteiger partial charge in [-0.3, -0.25) is 0 Å². The zero-order chi connectivity index (χ0) is 9.97. The Labute approximate surface area is 86.6 Å². The highest BCUT2D eigenvalue weighted by molar-refractivity contribution is 7.80. The van der Waals surface area contributed by atoms with Crippen LogP contribution in [-0.2, 0) is 6.42 Å². The maximum atomic E-state index is 5.41. The molecule has 4 nitrogen and oxygen atoms in total. The van der Waals surface area contributed by atoms with E-state index in [1.165, 1.54) is 0 Å². The molecule has 0 atom stereocenters. The SMILES string of the molecule is NC(=S)CCc1nc2ncccc2[nH]1. The summed E-state index contributed by atoms with van der Waals surface area (Å²) in [5, 5.41) is 0. The number of pyridine rings is 1. The summed E-state index contributed by atoms with van der Waals surface area (Å²) in [5.41, 5.74) is 7.10. The third-order valence-corrected chi connectivity index (χ3v) is 2.12. The van der Waals surface area contributed by atoms with E-state index in [9.17, 15) is 0 Å². The van der Waals surface area contributed by atoms with Crippen LogP contribution in [0.25, 0.3) is 11.2 Å². The Hall–Kier alpha value is -1.49. The molecule has 0 amide bonds. The second-order valence-electron chi connectivity index (χ2n) is 3.02. The van der Waals surface area contributed by atoms with Crippen LogP contribution in [0, 0.1) is 0 Å². The molecule has 14 heavy (non-hydrogen) atoms. The molecule has 72 valence electrons. The lowest BCUT2D eigenvalue weighted by atomic mass is 10.3. The molecule has 0 bridgehead atoms. The van der Waals surface area contributed by atoms with Gasteiger partial charge in [-0.05, 0) is 12.1 Å². The minimum absolute atomic E-state index is 0.512. The number of nitrogens with one attached hydrogen (secondary N) is 1. The zero-order valence-electron chi connectivity index (χ0n) is 7.53. The number of hydrogen-bond donors (Lipinski definition) is 2. The van der Waals surface area contributed by atoms with E-state index in [1.807, 2.05) is 12.1 Å². The highest BCUT2D eigenvalue weighted by Gasteiger charge is 2.02. The zero-order valence-corrected chi connectivity index (χ0v) is 8.34. The molecule has 0 aromatic carbocycles. The molecule has 0 aliphatic rings. The predicted molar refractivity (Wildman–Crippen MR) is 59.0 cm³/mol. The molecule has 5 heteroatoms. The summed E-state index contributed by atoms with van der Waals surface area (Å²) in [4.78, 5) is 12.1. The molecular formula is C9H10N4S. The summed E-state index contributed by atoms with van der Waals surface area (Å²) in [6, 6.07) is 3.82. The first-order valence-electron chi connectivity index (χ1n) is 4.33. The largest absolute Gasteiger partial charge is 0.393 e. The number of fused-ring (bicyclic) bond motifs is 1. The number of nitrogens with zero attached hydrogens (tertiary/aromatic N) is 2. The summed E-state index contributed by atoms with van der Waals surface area (Å²) in [5.74, 6) is 0.881. The molecule has 0 aliphatic heterocycles. The third kappa shape index (κ3) is 1.88. The second-order valence-corrected chi connectivity index (χ2v) is 3.55. The van der Waals surface area contributed by atoms with Crippen molar-refractivity contribution in [3.8, 4) is 0 Å². The smallest absolute Gasteiger partial charge is 0.177 e. The number of aryl methyl sites for hydroxylation is 1. The Morgan fingerprint density at radius 3 is 3.14 bits per heavy atom. The molecule has 2 rings (SSSR count). The van der Waals surface area contributed by atoms with E-state index >= 15 is 0 Å². The van der Waals surface area contributed by atoms with Crippen LogP contribution in [-0.4, -0.2) is 19.9 Å². The van der Waals surface area contributed by atoms with Crippen molar-refractivity contribution >= 4 is 28.4 Å². The van der Waals surface area contributed by atoms with E-state index in [0.29, 0.717) is 11.4 Å². The topological polar surface area (TPSA) is 67.6 Å². The summed E-state index contributed by atoms with van der Waals surface area (Å²) < 4.78 is 0. The third-order valence-electron chi connectivity index (χ3n) is 1.91. The van der Waals surface area contributed by atoms with Crippen LogP contribution < -0.4 is 5.73 Å². The average molecular weight is 206 g/mol. The molecule has 0 saturated carbocycles. The molecule has 0 unspecified atom stereocenters. The van der Waals surface area contributed by atoms with Crippen molar-refractivity contribution in [3.05, 3.63) is 24.2 Å². The maximum absolute atomic E-state index is 5.41. The second kappa shape index (κ2) is 3.71. The monoisotopic (exact) mass is 206 g/mol. The predicted octanol–water partition coefficient (Wildman–Crippen LogP) is 1.18. The first-order chi connectivity index (χ1) is 6.75. The number of nitrogens with two attached hydrogens (primary N) is 1. The highest BCUT2D eigenvalue weighted by atomic mass is 32.1. The lowest BCUT2D eigenvalue weighted by Gasteiger charge is -1.93. The van der Waals surface area contributed by atoms with Gasteiger partial charge in [0, 0.05) is 19.0 Å². The minimum Gasteiger partial charge on any atom is -0.393 e. The van der Waals surface area contributed by atoms with E-state index in [0.717, 1.165) is 23.4 Å². The Morgan fingerprint density at radius 1 is 1.57 bits per heavy atom. The summed E-state index contributed by atoms with van der Waals surface area (Å²) in [6.45, 7) is 0. The molecule has 0 spiro atoms. The van der Waals surface area contributed by atoms with Crippen molar-refractivity contribution in [3.63, 3.8) is 0 Å². The van der Waals surface area contributed by atoms with Crippen molar-refractivity contribution in [2.75, 3.05) is 0 Å². The first-order valence-corrected chi connectivity index (χ1v) is 4.74. The van der Waals surface area contributed by atoms with Gasteiger partial charge >= 0.3 is 0 Å². The summed E-state index contributed by atoms with van der Waals surface area (Å²) >= 11 is 4.80. The van der Waals surface area contributed by atoms with Crippen LogP contribution in [0.2, 0.25) is 0 Å². The number of H-pyrrole nitrogens is 1. The van der Waals surface area contributed by atoms with E-state index < -0.39 is 0 Å². The fraction of sp³-hybridized carbons (Fsp3) is 0.222. The van der Waals surface area contributed by atoms with Crippen molar-refractivity contribution in [1.82, 2.24) is 15.0 Å². The van der Waals surface area contributed by atoms with Gasteiger partial charge in [-0.25, -0.2) is 9.97 Å². The van der Waals surface area contributed by atoms with Gasteiger partial charge < -0.3 is 10.7 Å². The molecule has 2 aromatic rings. The molecular weight excluding hydrogens is 196 g/mol. The van der Waals surface area contributed by atoms with Crippen LogP contribution in [0.15, 0.2) is 18.3 Å². The lowest BCUT2D eigenvalue weighted by molar-refractivity contribution is 0.942. The molecule has 2 heterocycles. The van der Waals surface area contributed by atoms with E-state index in [1.54, 1.807) is 6.20 Å². The molecule has 0 fully saturated rings. The Bertz CT molecular complexity index is 430. The van der Waals surface area contributed by atoms with Crippen molar-refractivity contribution in [2.45, 2.75) is 12.8 Å². The Morgan fingerprint density at radius 2 is 2.43 bits per heavy atom. The molecule has 0 saturated heterocycles. The van der Waals surface area contributed by atoms with Crippen molar-refractivity contribution in [1.29, 1.82) is 0 Å². The van der Waals surface area contributed by atoms with Gasteiger partial charge in [-0.15, -0.1) is 0 Å². The van der Waals surface area contributed by atoms with Crippen molar-refractivity contribution in [2.24, 2.45) is 5.73 Å². The fourth-order valence-electron chi connectivity index (χ4n) is 1.25. The first kappa shape index (κ1) is 9.08. The van der Waals surface area contributed by atoms with E-state index in [-0.39, 0.29) is 0 Å². The average Bonchev–Trinajstić information content (AvgIpc) is 2.57. The van der Waals surface area contributed by atoms with Gasteiger partial charge in [-0.2, -0.15) is 0 Å². The fourth-order valence-corrected chi connectivity index (χ4v) is 1.36. The number of aromatic amines is 1. The van der Waals surface area contributed by atoms with Gasteiger partial charge in [0.05, 0.1) is 10.5 Å². The number of thiocarbonyl (C=S) groups is 1. The lowest BCUT2D eigenvalue weighted by Crippen LogP contribution is -2.08. The standard InChI is InChI=1S/C9H10N4S/c10-7(14)3-4-8-12-6-2-1-5-11-9(6)13-8/h1-2,5H,3-4H2,(H2,10,14)(H,11,12,13). The van der Waals surface area contributed by atoms with Crippen LogP contribution in [0.1, 0.15) is 12.2 Å². The van der Waals surface area contributed by atoms with Crippen molar-refractivity contribution < 1.29 is 0 Å². The van der Waals surface area contributed by atoms with Gasteiger partial charge in [-0.1, -0.05) is 12.2 Å². The summed E-state index contributed by atoms with van der Waals surface area (Å²) in [7, 11) is 0. The van der Waals surface area contributed by atoms with E-state index in [4.69, 9.17) is 18.0 Å². The molecule has 0 aliphatic carbocycles. The van der Waals surface area contributed by atoms with Crippen LogP contribution in [0.4, 0.5) is 0 Å². The number of hydrogen-bond acceptors (Lipinski definition) is 3. The molecule has 0 radical (unpaired) electrons. The minimum atomic E-state index is 0.512. The Kier molecular flexibility index (Phi) is 2.41. The van der Waals surface area contributed by atoms with Crippen LogP contribution in [0.5, 0.6) is 0 Å². The van der Waals surface area contributed by atoms with E-state index in [2.05, 4.69) is 15.0 Å².